The molecule has 0 bridgehead atoms. The summed E-state index contributed by atoms with van der Waals surface area (Å²) < 4.78 is 0. The van der Waals surface area contributed by atoms with Crippen LogP contribution in [0.2, 0.25) is 0 Å². The molecular weight excluding hydrogens is 452 g/mol. The van der Waals surface area contributed by atoms with Crippen molar-refractivity contribution in [3.63, 3.8) is 0 Å². The van der Waals surface area contributed by atoms with E-state index < -0.39 is 78.5 Å². The van der Waals surface area contributed by atoms with Crippen LogP contribution in [0.1, 0.15) is 25.7 Å². The molecule has 0 heterocycles. The highest BCUT2D eigenvalue weighted by Crippen LogP contribution is 2.01. The number of carbonyl (C=O) groups excluding carboxylic acids is 5. The Kier molecular flexibility index (Phi) is 12.3. The first-order valence-electron chi connectivity index (χ1n) is 9.07. The lowest BCUT2D eigenvalue weighted by Crippen LogP contribution is -2.58. The van der Waals surface area contributed by atoms with Crippen molar-refractivity contribution in [2.24, 2.45) is 17.2 Å². The van der Waals surface area contributed by atoms with Crippen molar-refractivity contribution in [2.45, 2.75) is 49.9 Å². The zero-order valence-electron chi connectivity index (χ0n) is 16.8. The van der Waals surface area contributed by atoms with Crippen LogP contribution in [-0.4, -0.2) is 81.6 Å². The maximum absolute atomic E-state index is 12.5. The van der Waals surface area contributed by atoms with Gasteiger partial charge in [-0.05, 0) is 6.42 Å². The Morgan fingerprint density at radius 1 is 0.750 bits per heavy atom. The largest absolute Gasteiger partial charge is 0.481 e. The van der Waals surface area contributed by atoms with Gasteiger partial charge in [0.2, 0.25) is 29.5 Å². The number of amides is 5. The van der Waals surface area contributed by atoms with Gasteiger partial charge in [-0.15, -0.1) is 0 Å². The van der Waals surface area contributed by atoms with Crippen LogP contribution in [0.25, 0.3) is 0 Å². The summed E-state index contributed by atoms with van der Waals surface area (Å²) in [6, 6.07) is -6.01. The molecule has 0 saturated heterocycles. The van der Waals surface area contributed by atoms with Gasteiger partial charge in [0, 0.05) is 12.2 Å². The highest BCUT2D eigenvalue weighted by molar-refractivity contribution is 7.80. The summed E-state index contributed by atoms with van der Waals surface area (Å²) in [5.41, 5.74) is 15.4. The lowest BCUT2D eigenvalue weighted by molar-refractivity contribution is -0.142. The van der Waals surface area contributed by atoms with Crippen molar-refractivity contribution in [1.29, 1.82) is 0 Å². The van der Waals surface area contributed by atoms with Crippen LogP contribution >= 0.6 is 12.6 Å². The van der Waals surface area contributed by atoms with Crippen molar-refractivity contribution in [1.82, 2.24) is 16.0 Å². The van der Waals surface area contributed by atoms with Gasteiger partial charge >= 0.3 is 11.9 Å². The third-order valence-corrected chi connectivity index (χ3v) is 4.24. The standard InChI is InChI=1S/C16H26N6O9S/c17-6(3-12(25)26)13(27)21-8(4-11(19)24)14(28)22-9(5-32)15(29)20-7(16(30)31)1-2-10(18)23/h6-9,32H,1-5,17H2,(H2,18,23)(H2,19,24)(H,20,29)(H,21,27)(H,22,28)(H,25,26)(H,30,31). The fourth-order valence-electron chi connectivity index (χ4n) is 2.25. The Hall–Kier alpha value is -3.40. The summed E-state index contributed by atoms with van der Waals surface area (Å²) in [6.45, 7) is 0. The molecule has 11 N–H and O–H groups in total. The zero-order valence-corrected chi connectivity index (χ0v) is 17.7. The molecule has 32 heavy (non-hydrogen) atoms. The first-order chi connectivity index (χ1) is 14.8. The Bertz CT molecular complexity index is 762. The van der Waals surface area contributed by atoms with E-state index >= 15 is 0 Å². The molecule has 0 aliphatic carbocycles. The SMILES string of the molecule is NC(=O)CCC(NC(=O)C(CS)NC(=O)C(CC(N)=O)NC(=O)C(N)CC(=O)O)C(=O)O. The van der Waals surface area contributed by atoms with E-state index in [-0.39, 0.29) is 18.6 Å². The van der Waals surface area contributed by atoms with Gasteiger partial charge in [-0.3, -0.25) is 28.8 Å². The predicted molar refractivity (Wildman–Crippen MR) is 110 cm³/mol. The monoisotopic (exact) mass is 478 g/mol. The Morgan fingerprint density at radius 2 is 1.25 bits per heavy atom. The van der Waals surface area contributed by atoms with Crippen LogP contribution in [0.15, 0.2) is 0 Å². The van der Waals surface area contributed by atoms with Crippen molar-refractivity contribution in [3.8, 4) is 0 Å². The quantitative estimate of drug-likeness (QED) is 0.102. The highest BCUT2D eigenvalue weighted by Gasteiger charge is 2.31. The van der Waals surface area contributed by atoms with Crippen molar-refractivity contribution >= 4 is 54.1 Å². The summed E-state index contributed by atoms with van der Waals surface area (Å²) in [6.07, 6.45) is -2.07. The van der Waals surface area contributed by atoms with E-state index in [4.69, 9.17) is 27.4 Å². The van der Waals surface area contributed by atoms with E-state index in [1.54, 1.807) is 0 Å². The fourth-order valence-corrected chi connectivity index (χ4v) is 2.51. The van der Waals surface area contributed by atoms with Crippen LogP contribution < -0.4 is 33.2 Å². The molecule has 0 aliphatic heterocycles. The number of nitrogens with two attached hydrogens (primary N) is 3. The van der Waals surface area contributed by atoms with Crippen LogP contribution in [0.5, 0.6) is 0 Å². The molecule has 4 unspecified atom stereocenters. The second-order valence-corrected chi connectivity index (χ2v) is 6.95. The zero-order chi connectivity index (χ0) is 25.0. The van der Waals surface area contributed by atoms with Gasteiger partial charge in [0.05, 0.1) is 18.9 Å². The fraction of sp³-hybridized carbons (Fsp3) is 0.562. The summed E-state index contributed by atoms with van der Waals surface area (Å²) >= 11 is 3.91. The Labute approximate surface area is 187 Å². The molecule has 0 aromatic rings. The number of hydrogen-bond donors (Lipinski definition) is 9. The third-order valence-electron chi connectivity index (χ3n) is 3.88. The predicted octanol–water partition coefficient (Wildman–Crippen LogP) is -4.60. The summed E-state index contributed by atoms with van der Waals surface area (Å²) in [5.74, 6) is -8.00. The topological polar surface area (TPSA) is 274 Å². The summed E-state index contributed by atoms with van der Waals surface area (Å²) in [5, 5.41) is 24.2. The molecule has 4 atom stereocenters. The minimum Gasteiger partial charge on any atom is -0.481 e. The van der Waals surface area contributed by atoms with Crippen molar-refractivity contribution < 1.29 is 43.8 Å². The Morgan fingerprint density at radius 3 is 1.69 bits per heavy atom. The van der Waals surface area contributed by atoms with Gasteiger partial charge in [0.1, 0.15) is 18.1 Å². The highest BCUT2D eigenvalue weighted by atomic mass is 32.1. The number of thiol groups is 1. The Balaban J connectivity index is 5.27. The van der Waals surface area contributed by atoms with E-state index in [0.29, 0.717) is 0 Å². The number of carboxylic acids is 2. The first kappa shape index (κ1) is 28.6. The second kappa shape index (κ2) is 13.8. The molecule has 0 aromatic carbocycles. The van der Waals surface area contributed by atoms with E-state index in [0.717, 1.165) is 0 Å². The summed E-state index contributed by atoms with van der Waals surface area (Å²) in [7, 11) is 0. The molecule has 15 nitrogen and oxygen atoms in total. The first-order valence-corrected chi connectivity index (χ1v) is 9.70. The molecule has 180 valence electrons. The average Bonchev–Trinajstić information content (AvgIpc) is 2.66. The van der Waals surface area contributed by atoms with E-state index in [2.05, 4.69) is 28.6 Å². The molecular formula is C16H26N6O9S. The van der Waals surface area contributed by atoms with Gasteiger partial charge in [-0.2, -0.15) is 12.6 Å². The molecule has 0 rings (SSSR count). The van der Waals surface area contributed by atoms with Gasteiger partial charge in [-0.1, -0.05) is 0 Å². The number of aliphatic carboxylic acids is 2. The van der Waals surface area contributed by atoms with Gasteiger partial charge in [0.25, 0.3) is 0 Å². The second-order valence-electron chi connectivity index (χ2n) is 6.58. The molecule has 5 amide bonds. The molecule has 0 radical (unpaired) electrons. The van der Waals surface area contributed by atoms with Crippen LogP contribution in [0, 0.1) is 0 Å². The number of rotatable bonds is 15. The van der Waals surface area contributed by atoms with Gasteiger partial charge in [-0.25, -0.2) is 4.79 Å². The molecule has 0 saturated carbocycles. The smallest absolute Gasteiger partial charge is 0.326 e. The lowest BCUT2D eigenvalue weighted by Gasteiger charge is -2.23. The number of hydrogen-bond acceptors (Lipinski definition) is 9. The number of carbonyl (C=O) groups is 7. The molecule has 0 spiro atoms. The van der Waals surface area contributed by atoms with E-state index in [1.165, 1.54) is 0 Å². The molecule has 0 fully saturated rings. The normalized spacial score (nSPS) is 14.2. The minimum absolute atomic E-state index is 0.300. The maximum Gasteiger partial charge on any atom is 0.326 e. The van der Waals surface area contributed by atoms with Gasteiger partial charge < -0.3 is 43.4 Å². The van der Waals surface area contributed by atoms with Gasteiger partial charge in [0.15, 0.2) is 0 Å². The number of carboxylic acid groups (broad SMARTS) is 2. The van der Waals surface area contributed by atoms with E-state index in [1.807, 2.05) is 0 Å². The maximum atomic E-state index is 12.5. The lowest BCUT2D eigenvalue weighted by atomic mass is 10.1. The average molecular weight is 478 g/mol. The van der Waals surface area contributed by atoms with Crippen LogP contribution in [0.3, 0.4) is 0 Å². The third kappa shape index (κ3) is 11.1. The minimum atomic E-state index is -1.60. The van der Waals surface area contributed by atoms with Crippen LogP contribution in [0.4, 0.5) is 0 Å². The number of nitrogens with one attached hydrogen (secondary N) is 3. The number of primary amides is 2. The summed E-state index contributed by atoms with van der Waals surface area (Å²) in [4.78, 5) is 80.8. The molecule has 0 aliphatic rings. The molecule has 0 aromatic heterocycles. The van der Waals surface area contributed by atoms with E-state index in [9.17, 15) is 33.6 Å². The van der Waals surface area contributed by atoms with Crippen molar-refractivity contribution in [2.75, 3.05) is 5.75 Å². The van der Waals surface area contributed by atoms with Crippen molar-refractivity contribution in [3.05, 3.63) is 0 Å². The van der Waals surface area contributed by atoms with Crippen LogP contribution in [-0.2, 0) is 33.6 Å². The molecule has 16 heteroatoms.